The molecule has 160 valence electrons. The normalized spacial score (nSPS) is 14.5. The van der Waals surface area contributed by atoms with Gasteiger partial charge in [-0.05, 0) is 42.2 Å². The van der Waals surface area contributed by atoms with Crippen molar-refractivity contribution in [3.8, 4) is 22.1 Å². The van der Waals surface area contributed by atoms with Gasteiger partial charge in [-0.2, -0.15) is 0 Å². The lowest BCUT2D eigenvalue weighted by molar-refractivity contribution is 0.0827. The lowest BCUT2D eigenvalue weighted by Gasteiger charge is -2.17. The molecule has 0 radical (unpaired) electrons. The van der Waals surface area contributed by atoms with E-state index in [0.717, 1.165) is 30.8 Å². The average molecular weight is 459 g/mol. The second-order valence-corrected chi connectivity index (χ2v) is 8.85. The molecular weight excluding hydrogens is 440 g/mol. The molecule has 31 heavy (non-hydrogen) atoms. The summed E-state index contributed by atoms with van der Waals surface area (Å²) in [6.07, 6.45) is 3.70. The number of amides is 1. The molecule has 1 aliphatic rings. The van der Waals surface area contributed by atoms with E-state index in [4.69, 9.17) is 26.9 Å². The van der Waals surface area contributed by atoms with Crippen molar-refractivity contribution in [3.63, 3.8) is 0 Å². The molecule has 0 spiro atoms. The Morgan fingerprint density at radius 2 is 2.10 bits per heavy atom. The Morgan fingerprint density at radius 1 is 1.29 bits per heavy atom. The quantitative estimate of drug-likeness (QED) is 0.466. The maximum Gasteiger partial charge on any atom is 0.269 e. The molecule has 0 aromatic carbocycles. The van der Waals surface area contributed by atoms with Gasteiger partial charge in [0.2, 0.25) is 0 Å². The predicted molar refractivity (Wildman–Crippen MR) is 118 cm³/mol. The van der Waals surface area contributed by atoms with E-state index in [1.165, 1.54) is 11.3 Å². The van der Waals surface area contributed by atoms with Crippen LogP contribution in [0.25, 0.3) is 33.1 Å². The number of nitrogens with one attached hydrogen (secondary N) is 1. The van der Waals surface area contributed by atoms with Gasteiger partial charge in [0.05, 0.1) is 20.3 Å². The van der Waals surface area contributed by atoms with Crippen molar-refractivity contribution in [2.75, 3.05) is 18.8 Å². The van der Waals surface area contributed by atoms with Gasteiger partial charge in [-0.25, -0.2) is 14.6 Å². The molecule has 1 aliphatic heterocycles. The SMILES string of the molecule is CCn1c(-c2nonc2N)nc2c(-c3ccc(Cl)s3)ncc(C(=O)NN3CCCC3)c21. The Morgan fingerprint density at radius 3 is 2.74 bits per heavy atom. The molecule has 1 fully saturated rings. The van der Waals surface area contributed by atoms with Gasteiger partial charge in [0.1, 0.15) is 11.2 Å². The fourth-order valence-corrected chi connectivity index (χ4v) is 4.84. The molecule has 12 heteroatoms. The van der Waals surface area contributed by atoms with E-state index in [1.807, 2.05) is 22.6 Å². The highest BCUT2D eigenvalue weighted by Gasteiger charge is 2.26. The van der Waals surface area contributed by atoms with Gasteiger partial charge in [-0.3, -0.25) is 15.2 Å². The topological polar surface area (TPSA) is 128 Å². The summed E-state index contributed by atoms with van der Waals surface area (Å²) >= 11 is 7.55. The number of pyridine rings is 1. The van der Waals surface area contributed by atoms with Gasteiger partial charge in [0, 0.05) is 25.8 Å². The first kappa shape index (κ1) is 19.9. The maximum absolute atomic E-state index is 13.2. The Hall–Kier alpha value is -3.02. The summed E-state index contributed by atoms with van der Waals surface area (Å²) in [5.41, 5.74) is 11.5. The lowest BCUT2D eigenvalue weighted by Crippen LogP contribution is -2.40. The number of carbonyl (C=O) groups is 1. The van der Waals surface area contributed by atoms with Crippen LogP contribution in [0.15, 0.2) is 23.0 Å². The van der Waals surface area contributed by atoms with Crippen LogP contribution in [0.5, 0.6) is 0 Å². The van der Waals surface area contributed by atoms with Crippen molar-refractivity contribution >= 4 is 45.7 Å². The van der Waals surface area contributed by atoms with Crippen LogP contribution in [0, 0.1) is 0 Å². The minimum Gasteiger partial charge on any atom is -0.379 e. The Labute approximate surface area is 185 Å². The number of nitrogens with two attached hydrogens (primary N) is 1. The standard InChI is InChI=1S/C19H19ClN8O2S/c1-2-28-16-10(19(29)24-27-7-3-4-8-27)9-22-13(11-5-6-12(20)31-11)14(16)23-18(28)15-17(21)26-30-25-15/h5-6,9H,2-4,7-8H2,1H3,(H2,21,26)(H,24,29). The van der Waals surface area contributed by atoms with Crippen molar-refractivity contribution in [3.05, 3.63) is 28.2 Å². The van der Waals surface area contributed by atoms with Crippen molar-refractivity contribution in [2.45, 2.75) is 26.3 Å². The van der Waals surface area contributed by atoms with Gasteiger partial charge < -0.3 is 10.3 Å². The zero-order valence-corrected chi connectivity index (χ0v) is 18.2. The number of halogens is 1. The Bertz CT molecular complexity index is 1270. The smallest absolute Gasteiger partial charge is 0.269 e. The summed E-state index contributed by atoms with van der Waals surface area (Å²) in [7, 11) is 0. The number of rotatable bonds is 5. The summed E-state index contributed by atoms with van der Waals surface area (Å²) in [5, 5.41) is 9.51. The monoisotopic (exact) mass is 458 g/mol. The minimum atomic E-state index is -0.234. The third-order valence-corrected chi connectivity index (χ3v) is 6.47. The van der Waals surface area contributed by atoms with Gasteiger partial charge in [-0.15, -0.1) is 11.3 Å². The van der Waals surface area contributed by atoms with Crippen molar-refractivity contribution in [1.82, 2.24) is 35.3 Å². The van der Waals surface area contributed by atoms with E-state index < -0.39 is 0 Å². The molecule has 5 heterocycles. The van der Waals surface area contributed by atoms with Crippen LogP contribution in [0.4, 0.5) is 5.82 Å². The summed E-state index contributed by atoms with van der Waals surface area (Å²) in [6, 6.07) is 3.69. The minimum absolute atomic E-state index is 0.127. The number of hydrazine groups is 1. The number of thiophene rings is 1. The zero-order chi connectivity index (χ0) is 21.5. The third kappa shape index (κ3) is 3.44. The number of hydrogen-bond donors (Lipinski definition) is 2. The fraction of sp³-hybridized carbons (Fsp3) is 0.316. The fourth-order valence-electron chi connectivity index (χ4n) is 3.80. The second-order valence-electron chi connectivity index (χ2n) is 7.13. The summed E-state index contributed by atoms with van der Waals surface area (Å²) in [4.78, 5) is 23.4. The number of nitrogens with zero attached hydrogens (tertiary/aromatic N) is 6. The molecule has 0 saturated carbocycles. The van der Waals surface area contributed by atoms with E-state index in [2.05, 4.69) is 20.7 Å². The van der Waals surface area contributed by atoms with Crippen LogP contribution >= 0.6 is 22.9 Å². The highest BCUT2D eigenvalue weighted by atomic mass is 35.5. The molecule has 0 bridgehead atoms. The van der Waals surface area contributed by atoms with Crippen LogP contribution in [0.3, 0.4) is 0 Å². The average Bonchev–Trinajstić information content (AvgIpc) is 3.54. The number of nitrogen functional groups attached to an aromatic ring is 1. The number of carbonyl (C=O) groups excluding carboxylic acids is 1. The highest BCUT2D eigenvalue weighted by molar-refractivity contribution is 7.19. The largest absolute Gasteiger partial charge is 0.379 e. The van der Waals surface area contributed by atoms with Crippen LogP contribution in [0.1, 0.15) is 30.1 Å². The molecule has 0 atom stereocenters. The molecule has 4 aromatic heterocycles. The summed E-state index contributed by atoms with van der Waals surface area (Å²) in [6.45, 7) is 4.14. The first-order valence-electron chi connectivity index (χ1n) is 9.86. The molecule has 1 amide bonds. The number of fused-ring (bicyclic) bond motifs is 1. The van der Waals surface area contributed by atoms with Crippen molar-refractivity contribution in [1.29, 1.82) is 0 Å². The molecule has 4 aromatic rings. The molecule has 3 N–H and O–H groups in total. The third-order valence-electron chi connectivity index (χ3n) is 5.23. The highest BCUT2D eigenvalue weighted by Crippen LogP contribution is 2.37. The van der Waals surface area contributed by atoms with Crippen LogP contribution in [0.2, 0.25) is 4.34 Å². The number of anilines is 1. The molecule has 0 aliphatic carbocycles. The zero-order valence-electron chi connectivity index (χ0n) is 16.6. The van der Waals surface area contributed by atoms with E-state index in [1.54, 1.807) is 12.3 Å². The Balaban J connectivity index is 1.73. The number of imidazole rings is 1. The van der Waals surface area contributed by atoms with E-state index in [9.17, 15) is 4.79 Å². The Kier molecular flexibility index (Phi) is 5.08. The number of aryl methyl sites for hydroxylation is 1. The van der Waals surface area contributed by atoms with E-state index in [0.29, 0.717) is 44.7 Å². The van der Waals surface area contributed by atoms with E-state index in [-0.39, 0.29) is 11.7 Å². The summed E-state index contributed by atoms with van der Waals surface area (Å²) < 4.78 is 7.30. The molecule has 10 nitrogen and oxygen atoms in total. The first-order valence-corrected chi connectivity index (χ1v) is 11.1. The molecular formula is C19H19ClN8O2S. The lowest BCUT2D eigenvalue weighted by atomic mass is 10.1. The maximum atomic E-state index is 13.2. The number of aromatic nitrogens is 5. The van der Waals surface area contributed by atoms with Gasteiger partial charge in [0.25, 0.3) is 5.91 Å². The van der Waals surface area contributed by atoms with Gasteiger partial charge in [0.15, 0.2) is 17.3 Å². The van der Waals surface area contributed by atoms with Crippen LogP contribution < -0.4 is 11.2 Å². The first-order chi connectivity index (χ1) is 15.1. The van der Waals surface area contributed by atoms with Crippen LogP contribution in [-0.4, -0.2) is 48.9 Å². The molecule has 1 saturated heterocycles. The van der Waals surface area contributed by atoms with Gasteiger partial charge >= 0.3 is 0 Å². The second kappa shape index (κ2) is 7.91. The van der Waals surface area contributed by atoms with Crippen molar-refractivity contribution in [2.24, 2.45) is 0 Å². The van der Waals surface area contributed by atoms with Crippen molar-refractivity contribution < 1.29 is 9.42 Å². The molecule has 5 rings (SSSR count). The molecule has 0 unspecified atom stereocenters. The summed E-state index contributed by atoms with van der Waals surface area (Å²) in [5.74, 6) is 0.354. The van der Waals surface area contributed by atoms with E-state index >= 15 is 0 Å². The van der Waals surface area contributed by atoms with Crippen LogP contribution in [-0.2, 0) is 6.54 Å². The number of hydrogen-bond acceptors (Lipinski definition) is 9. The predicted octanol–water partition coefficient (Wildman–Crippen LogP) is 3.21. The van der Waals surface area contributed by atoms with Gasteiger partial charge in [-0.1, -0.05) is 11.6 Å².